The molecule has 0 radical (unpaired) electrons. The predicted octanol–water partition coefficient (Wildman–Crippen LogP) is 5.54. The molecule has 0 spiro atoms. The number of aliphatic hydroxyl groups excluding tert-OH is 1. The summed E-state index contributed by atoms with van der Waals surface area (Å²) in [6.07, 6.45) is 17.7. The molecule has 0 bridgehead atoms. The Morgan fingerprint density at radius 1 is 0.840 bits per heavy atom. The first-order valence-corrected chi connectivity index (χ1v) is 9.89. The van der Waals surface area contributed by atoms with E-state index in [2.05, 4.69) is 13.2 Å². The van der Waals surface area contributed by atoms with Crippen LogP contribution in [0.3, 0.4) is 0 Å². The molecule has 144 valence electrons. The number of carbonyl (C=O) groups excluding carboxylic acids is 1. The Kier molecular flexibility index (Phi) is 18.2. The maximum atomic E-state index is 11.8. The summed E-state index contributed by atoms with van der Waals surface area (Å²) < 4.78 is 5.60. The van der Waals surface area contributed by atoms with Crippen molar-refractivity contribution in [2.24, 2.45) is 0 Å². The topological polar surface area (TPSA) is 46.5 Å². The molecule has 3 nitrogen and oxygen atoms in total. The molecule has 0 aliphatic rings. The van der Waals surface area contributed by atoms with Gasteiger partial charge in [-0.1, -0.05) is 69.9 Å². The minimum atomic E-state index is 0.298. The first-order chi connectivity index (χ1) is 12.2. The molecule has 0 heterocycles. The van der Waals surface area contributed by atoms with Gasteiger partial charge in [0.05, 0.1) is 6.61 Å². The quantitative estimate of drug-likeness (QED) is 0.246. The summed E-state index contributed by atoms with van der Waals surface area (Å²) in [6.45, 7) is 9.05. The van der Waals surface area contributed by atoms with Gasteiger partial charge in [0, 0.05) is 26.1 Å². The Labute approximate surface area is 154 Å². The van der Waals surface area contributed by atoms with Crippen molar-refractivity contribution in [2.45, 2.75) is 77.0 Å². The standard InChI is InChI=1S/C22H38O3/c1-3-15-21(4-2)20-25-19-14-10-8-12-17-22(24)16-11-7-5-6-9-13-18-23/h3-4,15,23H,1-2,5-14,16-20H2/b21-15+. The number of ketones is 1. The van der Waals surface area contributed by atoms with Crippen LogP contribution in [0.25, 0.3) is 0 Å². The van der Waals surface area contributed by atoms with Crippen LogP contribution < -0.4 is 0 Å². The van der Waals surface area contributed by atoms with Gasteiger partial charge in [0.1, 0.15) is 5.78 Å². The van der Waals surface area contributed by atoms with Crippen LogP contribution in [0, 0.1) is 0 Å². The minimum absolute atomic E-state index is 0.298. The van der Waals surface area contributed by atoms with Crippen LogP contribution in [0.5, 0.6) is 0 Å². The highest BCUT2D eigenvalue weighted by Gasteiger charge is 2.02. The van der Waals surface area contributed by atoms with Crippen LogP contribution >= 0.6 is 0 Å². The van der Waals surface area contributed by atoms with E-state index in [-0.39, 0.29) is 0 Å². The maximum absolute atomic E-state index is 11.8. The average Bonchev–Trinajstić information content (AvgIpc) is 2.62. The van der Waals surface area contributed by atoms with Crippen molar-refractivity contribution in [1.29, 1.82) is 0 Å². The second-order valence-corrected chi connectivity index (χ2v) is 6.53. The molecule has 0 aromatic heterocycles. The number of hydrogen-bond acceptors (Lipinski definition) is 3. The number of allylic oxidation sites excluding steroid dienone is 2. The number of aliphatic hydroxyl groups is 1. The van der Waals surface area contributed by atoms with Gasteiger partial charge in [0.25, 0.3) is 0 Å². The fourth-order valence-electron chi connectivity index (χ4n) is 2.66. The van der Waals surface area contributed by atoms with E-state index >= 15 is 0 Å². The van der Waals surface area contributed by atoms with Crippen molar-refractivity contribution in [2.75, 3.05) is 19.8 Å². The zero-order chi connectivity index (χ0) is 18.6. The van der Waals surface area contributed by atoms with Crippen LogP contribution in [0.15, 0.2) is 37.0 Å². The third-order valence-corrected chi connectivity index (χ3v) is 4.22. The third kappa shape index (κ3) is 17.4. The first-order valence-electron chi connectivity index (χ1n) is 9.89. The summed E-state index contributed by atoms with van der Waals surface area (Å²) in [5.41, 5.74) is 1.05. The normalized spacial score (nSPS) is 11.5. The van der Waals surface area contributed by atoms with Gasteiger partial charge in [-0.05, 0) is 31.3 Å². The van der Waals surface area contributed by atoms with E-state index in [1.54, 1.807) is 12.2 Å². The lowest BCUT2D eigenvalue weighted by atomic mass is 10.0. The Hall–Kier alpha value is -1.19. The lowest BCUT2D eigenvalue weighted by Crippen LogP contribution is -2.00. The summed E-state index contributed by atoms with van der Waals surface area (Å²) in [5.74, 6) is 0.414. The fraction of sp³-hybridized carbons (Fsp3) is 0.682. The van der Waals surface area contributed by atoms with Crippen LogP contribution in [-0.4, -0.2) is 30.7 Å². The van der Waals surface area contributed by atoms with Crippen LogP contribution in [-0.2, 0) is 9.53 Å². The highest BCUT2D eigenvalue weighted by atomic mass is 16.5. The van der Waals surface area contributed by atoms with Gasteiger partial charge in [-0.2, -0.15) is 0 Å². The summed E-state index contributed by atoms with van der Waals surface area (Å²) in [4.78, 5) is 11.8. The maximum Gasteiger partial charge on any atom is 0.132 e. The van der Waals surface area contributed by atoms with Gasteiger partial charge in [-0.15, -0.1) is 0 Å². The Morgan fingerprint density at radius 3 is 1.96 bits per heavy atom. The second-order valence-electron chi connectivity index (χ2n) is 6.53. The molecule has 1 N–H and O–H groups in total. The van der Waals surface area contributed by atoms with Crippen molar-refractivity contribution in [3.8, 4) is 0 Å². The molecule has 0 aliphatic carbocycles. The molecule has 25 heavy (non-hydrogen) atoms. The number of carbonyl (C=O) groups is 1. The highest BCUT2D eigenvalue weighted by Crippen LogP contribution is 2.10. The van der Waals surface area contributed by atoms with E-state index in [0.29, 0.717) is 19.0 Å². The number of unbranched alkanes of at least 4 members (excludes halogenated alkanes) is 8. The number of ether oxygens (including phenoxy) is 1. The lowest BCUT2D eigenvalue weighted by Gasteiger charge is -2.05. The van der Waals surface area contributed by atoms with Gasteiger partial charge < -0.3 is 9.84 Å². The predicted molar refractivity (Wildman–Crippen MR) is 107 cm³/mol. The summed E-state index contributed by atoms with van der Waals surface area (Å²) in [7, 11) is 0. The molecule has 0 unspecified atom stereocenters. The largest absolute Gasteiger partial charge is 0.396 e. The van der Waals surface area contributed by atoms with Gasteiger partial charge in [-0.3, -0.25) is 4.79 Å². The third-order valence-electron chi connectivity index (χ3n) is 4.22. The zero-order valence-electron chi connectivity index (χ0n) is 16.0. The summed E-state index contributed by atoms with van der Waals surface area (Å²) in [5, 5.41) is 8.70. The second kappa shape index (κ2) is 19.1. The Morgan fingerprint density at radius 2 is 1.40 bits per heavy atom. The molecule has 0 saturated heterocycles. The zero-order valence-corrected chi connectivity index (χ0v) is 16.0. The molecule has 0 aromatic rings. The molecular weight excluding hydrogens is 312 g/mol. The molecule has 0 saturated carbocycles. The van der Waals surface area contributed by atoms with E-state index < -0.39 is 0 Å². The van der Waals surface area contributed by atoms with Crippen molar-refractivity contribution in [1.82, 2.24) is 0 Å². The Balaban J connectivity index is 3.33. The molecule has 0 rings (SSSR count). The average molecular weight is 351 g/mol. The van der Waals surface area contributed by atoms with Crippen LogP contribution in [0.1, 0.15) is 77.0 Å². The molecule has 0 atom stereocenters. The minimum Gasteiger partial charge on any atom is -0.396 e. The number of rotatable bonds is 19. The van der Waals surface area contributed by atoms with E-state index in [0.717, 1.165) is 76.4 Å². The molecule has 0 amide bonds. The number of hydrogen-bond donors (Lipinski definition) is 1. The van der Waals surface area contributed by atoms with Crippen LogP contribution in [0.4, 0.5) is 0 Å². The van der Waals surface area contributed by atoms with E-state index in [4.69, 9.17) is 9.84 Å². The van der Waals surface area contributed by atoms with Gasteiger partial charge in [0.2, 0.25) is 0 Å². The molecule has 0 aromatic carbocycles. The van der Waals surface area contributed by atoms with Gasteiger partial charge in [0.15, 0.2) is 0 Å². The molecule has 3 heteroatoms. The van der Waals surface area contributed by atoms with Crippen molar-refractivity contribution < 1.29 is 14.6 Å². The monoisotopic (exact) mass is 350 g/mol. The molecule has 0 fully saturated rings. The highest BCUT2D eigenvalue weighted by molar-refractivity contribution is 5.78. The SMILES string of the molecule is C=C/C=C(\C=C)COCCCCCCC(=O)CCCCCCCCO. The van der Waals surface area contributed by atoms with E-state index in [1.165, 1.54) is 12.8 Å². The molecule has 0 aliphatic heterocycles. The van der Waals surface area contributed by atoms with Gasteiger partial charge >= 0.3 is 0 Å². The summed E-state index contributed by atoms with van der Waals surface area (Å²) in [6, 6.07) is 0. The van der Waals surface area contributed by atoms with Crippen molar-refractivity contribution in [3.05, 3.63) is 37.0 Å². The van der Waals surface area contributed by atoms with Crippen LogP contribution in [0.2, 0.25) is 0 Å². The van der Waals surface area contributed by atoms with Crippen molar-refractivity contribution in [3.63, 3.8) is 0 Å². The first kappa shape index (κ1) is 23.8. The lowest BCUT2D eigenvalue weighted by molar-refractivity contribution is -0.119. The van der Waals surface area contributed by atoms with Gasteiger partial charge in [-0.25, -0.2) is 0 Å². The Bertz CT molecular complexity index is 371. The molecular formula is C22H38O3. The van der Waals surface area contributed by atoms with E-state index in [1.807, 2.05) is 6.08 Å². The smallest absolute Gasteiger partial charge is 0.132 e. The van der Waals surface area contributed by atoms with Crippen molar-refractivity contribution >= 4 is 5.78 Å². The number of Topliss-reactive ketones (excluding diaryl/α,β-unsaturated/α-hetero) is 1. The summed E-state index contributed by atoms with van der Waals surface area (Å²) >= 11 is 0. The fourth-order valence-corrected chi connectivity index (χ4v) is 2.66. The van der Waals surface area contributed by atoms with E-state index in [9.17, 15) is 4.79 Å².